The molecule has 17 heteroatoms. The first-order chi connectivity index (χ1) is 51.8. The highest BCUT2D eigenvalue weighted by atomic mass is 32.2. The molecule has 112 heavy (non-hydrogen) atoms. The molecule has 13 nitrogen and oxygen atoms in total. The van der Waals surface area contributed by atoms with E-state index < -0.39 is 44.1 Å². The van der Waals surface area contributed by atoms with Crippen molar-refractivity contribution in [1.29, 1.82) is 0 Å². The van der Waals surface area contributed by atoms with Gasteiger partial charge in [0.15, 0.2) is 22.6 Å². The van der Waals surface area contributed by atoms with Gasteiger partial charge in [-0.1, -0.05) is 0 Å². The topological polar surface area (TPSA) is 170 Å². The van der Waals surface area contributed by atoms with Crippen LogP contribution in [0.3, 0.4) is 0 Å². The monoisotopic (exact) mass is 1540 g/mol. The normalized spacial score (nSPS) is 16.8. The molecule has 6 aliphatic heterocycles. The van der Waals surface area contributed by atoms with Gasteiger partial charge in [0.2, 0.25) is 0 Å². The molecule has 0 aromatic heterocycles. The Hall–Kier alpha value is -9.87. The fraction of sp³-hybridized carbons (Fsp3) is 0.400. The van der Waals surface area contributed by atoms with Crippen LogP contribution in [0.25, 0.3) is 0 Å². The van der Waals surface area contributed by atoms with Crippen LogP contribution in [0, 0.1) is 235 Å². The third kappa shape index (κ3) is 10.0. The maximum absolute atomic E-state index is 13.9. The molecule has 0 amide bonds. The van der Waals surface area contributed by atoms with E-state index >= 15 is 0 Å². The van der Waals surface area contributed by atoms with Crippen molar-refractivity contribution in [2.24, 2.45) is 0 Å². The highest BCUT2D eigenvalue weighted by Gasteiger charge is 2.62. The van der Waals surface area contributed by atoms with Gasteiger partial charge in [-0.3, -0.25) is 0 Å². The number of aromatic hydroxyl groups is 1. The lowest BCUT2D eigenvalue weighted by Gasteiger charge is -2.42. The van der Waals surface area contributed by atoms with Crippen LogP contribution in [0.4, 0.5) is 13.2 Å². The Kier molecular flexibility index (Phi) is 18.5. The van der Waals surface area contributed by atoms with Crippen LogP contribution in [-0.2, 0) is 41.1 Å². The van der Waals surface area contributed by atoms with E-state index in [0.29, 0.717) is 50.4 Å². The summed E-state index contributed by atoms with van der Waals surface area (Å²) in [6, 6.07) is 0. The van der Waals surface area contributed by atoms with Crippen molar-refractivity contribution in [1.82, 2.24) is 0 Å². The zero-order valence-corrected chi connectivity index (χ0v) is 72.2. The van der Waals surface area contributed by atoms with Gasteiger partial charge in [0.25, 0.3) is 0 Å². The molecule has 0 bridgehead atoms. The molecule has 0 aliphatic carbocycles. The number of fused-ring (bicyclic) bond motifs is 18. The maximum atomic E-state index is 13.9. The first-order valence-electron chi connectivity index (χ1n) is 38.3. The van der Waals surface area contributed by atoms with Crippen molar-refractivity contribution in [2.75, 3.05) is 0 Å². The molecule has 588 valence electrons. The highest BCUT2D eigenvalue weighted by molar-refractivity contribution is 7.88. The standard InChI is InChI=1S/C32H33F3O6S.C32H36O3.C31H34O4/c1-12-13(2)17(6)24-23(16(12)5)30(36)40-31(24)25-18(7)14(3)15(4)20(9)28(25)39-29-22(11)27(21(10)19(8)26(29)31)41-42(37,38)32(33,34)35;1-13-14(2)20(8)26-25(19(13)7)31(33)35-32(26)27-21(9)15(3)17(5)23(11)29(27)34-30-24(12)18(6)16(4)22(10)28(30)32;1-12-13(2)17(6)24-23(16(12)5)30(33)35-31(24)25-18(7)14(3)15(4)21(10)28(25)34-29-22(11)27(32)20(9)19(8)26(29)31/h1-11H3;1-12H3;32H,1-11H3. The zero-order valence-electron chi connectivity index (χ0n) is 71.4. The fourth-order valence-electron chi connectivity index (χ4n) is 19.4. The second-order valence-corrected chi connectivity index (χ2v) is 34.4. The SMILES string of the molecule is Cc1c(C)c(C)c2c(c1C)Oc1c(C)c(C)c(C)c(C)c1C21OC(=O)c2c(C)c(C)c(C)c(C)c21.Cc1c(C)c(C)c2c(c1C)Oc1c(C)c(O)c(C)c(C)c1C21OC(=O)c2c(C)c(C)c(C)c(C)c21.Cc1c(C)c(C)c2c(c1C)Oc1c(C)c(OS(=O)(=O)C(F)(F)F)c(C)c(C)c1C21OC(=O)c2c(C)c(C)c(C)c(C)c21. The van der Waals surface area contributed by atoms with Crippen LogP contribution in [0.1, 0.15) is 270 Å². The molecule has 15 rings (SSSR count). The number of ether oxygens (including phenoxy) is 6. The number of carbonyl (C=O) groups excluding carboxylic acids is 3. The predicted molar refractivity (Wildman–Crippen MR) is 432 cm³/mol. The number of benzene rings is 9. The summed E-state index contributed by atoms with van der Waals surface area (Å²) in [5.41, 5.74) is 32.4. The fourth-order valence-corrected chi connectivity index (χ4v) is 20.0. The number of carbonyl (C=O) groups is 3. The summed E-state index contributed by atoms with van der Waals surface area (Å²) in [6.45, 7) is 68.2. The second kappa shape index (κ2) is 25.8. The van der Waals surface area contributed by atoms with Gasteiger partial charge in [-0.05, 0) is 413 Å². The Morgan fingerprint density at radius 1 is 0.250 bits per heavy atom. The minimum absolute atomic E-state index is 0.0453. The molecule has 3 spiro atoms. The third-order valence-electron chi connectivity index (χ3n) is 28.6. The predicted octanol–water partition coefficient (Wildman–Crippen LogP) is 23.2. The van der Waals surface area contributed by atoms with E-state index in [1.165, 1.54) is 47.2 Å². The molecule has 1 N–H and O–H groups in total. The largest absolute Gasteiger partial charge is 0.534 e. The van der Waals surface area contributed by atoms with E-state index in [-0.39, 0.29) is 34.6 Å². The molecule has 0 saturated carbocycles. The number of phenolic OH excluding ortho intramolecular Hbond substituents is 1. The average molecular weight is 1540 g/mol. The quantitative estimate of drug-likeness (QED) is 0.0751. The summed E-state index contributed by atoms with van der Waals surface area (Å²) in [7, 11) is -5.98. The first kappa shape index (κ1) is 80.2. The Morgan fingerprint density at radius 2 is 0.438 bits per heavy atom. The highest BCUT2D eigenvalue weighted by Crippen LogP contribution is 2.67. The number of rotatable bonds is 2. The van der Waals surface area contributed by atoms with Crippen molar-refractivity contribution < 1.29 is 73.7 Å². The van der Waals surface area contributed by atoms with Gasteiger partial charge in [0.1, 0.15) is 40.2 Å². The molecule has 9 aromatic carbocycles. The van der Waals surface area contributed by atoms with E-state index in [4.69, 9.17) is 32.6 Å². The Bertz CT molecular complexity index is 5720. The minimum Gasteiger partial charge on any atom is -0.507 e. The molecule has 2 unspecified atom stereocenters. The van der Waals surface area contributed by atoms with E-state index in [1.807, 2.05) is 83.1 Å². The average Bonchev–Trinajstić information content (AvgIpc) is 1.43. The molecule has 0 radical (unpaired) electrons. The second-order valence-electron chi connectivity index (χ2n) is 32.9. The molecular formula is C95H103F3O13S. The number of esters is 3. The van der Waals surface area contributed by atoms with Crippen molar-refractivity contribution in [3.05, 3.63) is 256 Å². The van der Waals surface area contributed by atoms with Crippen LogP contribution in [-0.4, -0.2) is 36.9 Å². The van der Waals surface area contributed by atoms with Gasteiger partial charge in [0, 0.05) is 27.8 Å². The molecule has 0 fully saturated rings. The van der Waals surface area contributed by atoms with Crippen molar-refractivity contribution in [3.63, 3.8) is 0 Å². The van der Waals surface area contributed by atoms with Crippen LogP contribution in [0.2, 0.25) is 0 Å². The molecule has 2 atom stereocenters. The van der Waals surface area contributed by atoms with Gasteiger partial charge in [0.05, 0.1) is 50.1 Å². The summed E-state index contributed by atoms with van der Waals surface area (Å²) in [6.07, 6.45) is 0. The summed E-state index contributed by atoms with van der Waals surface area (Å²) in [4.78, 5) is 41.5. The van der Waals surface area contributed by atoms with Gasteiger partial charge in [-0.25, -0.2) is 14.4 Å². The number of hydrogen-bond acceptors (Lipinski definition) is 13. The molecule has 9 aromatic rings. The zero-order chi connectivity index (χ0) is 83.4. The summed E-state index contributed by atoms with van der Waals surface area (Å²) >= 11 is 0. The lowest BCUT2D eigenvalue weighted by atomic mass is 9.69. The lowest BCUT2D eigenvalue weighted by Crippen LogP contribution is -2.37. The number of alkyl halides is 3. The molecule has 0 saturated heterocycles. The smallest absolute Gasteiger partial charge is 0.507 e. The third-order valence-corrected chi connectivity index (χ3v) is 29.5. The lowest BCUT2D eigenvalue weighted by molar-refractivity contribution is -0.0500. The Balaban J connectivity index is 0.000000148. The molecule has 6 heterocycles. The van der Waals surface area contributed by atoms with Crippen LogP contribution in [0.5, 0.6) is 46.0 Å². The van der Waals surface area contributed by atoms with Crippen molar-refractivity contribution in [2.45, 2.75) is 258 Å². The Morgan fingerprint density at radius 3 is 0.679 bits per heavy atom. The van der Waals surface area contributed by atoms with Crippen molar-refractivity contribution in [3.8, 4) is 46.0 Å². The summed E-state index contributed by atoms with van der Waals surface area (Å²) < 4.78 is 109. The Labute approximate surface area is 657 Å². The first-order valence-corrected chi connectivity index (χ1v) is 39.7. The summed E-state index contributed by atoms with van der Waals surface area (Å²) in [5.74, 6) is 2.16. The van der Waals surface area contributed by atoms with E-state index in [9.17, 15) is 41.1 Å². The maximum Gasteiger partial charge on any atom is 0.534 e. The number of halogens is 3. The molecule has 6 aliphatic rings. The van der Waals surface area contributed by atoms with Crippen LogP contribution in [0.15, 0.2) is 0 Å². The van der Waals surface area contributed by atoms with Gasteiger partial charge in [-0.2, -0.15) is 21.6 Å². The van der Waals surface area contributed by atoms with Gasteiger partial charge in [-0.15, -0.1) is 0 Å². The van der Waals surface area contributed by atoms with Gasteiger partial charge >= 0.3 is 33.5 Å². The van der Waals surface area contributed by atoms with Crippen LogP contribution >= 0.6 is 0 Å². The van der Waals surface area contributed by atoms with E-state index in [0.717, 1.165) is 190 Å². The van der Waals surface area contributed by atoms with Crippen molar-refractivity contribution >= 4 is 28.0 Å². The van der Waals surface area contributed by atoms with Gasteiger partial charge < -0.3 is 37.7 Å². The van der Waals surface area contributed by atoms with E-state index in [1.54, 1.807) is 6.92 Å². The van der Waals surface area contributed by atoms with E-state index in [2.05, 4.69) is 132 Å². The summed E-state index contributed by atoms with van der Waals surface area (Å²) in [5, 5.41) is 11.0. The number of hydrogen-bond donors (Lipinski definition) is 1. The molecular weight excluding hydrogens is 1440 g/mol. The minimum atomic E-state index is -5.98. The number of phenols is 1. The van der Waals surface area contributed by atoms with Crippen LogP contribution < -0.4 is 18.4 Å².